The van der Waals surface area contributed by atoms with E-state index in [4.69, 9.17) is 5.73 Å². The maximum absolute atomic E-state index is 13.7. The van der Waals surface area contributed by atoms with E-state index in [1.165, 1.54) is 10.4 Å². The molecule has 2 atom stereocenters. The third-order valence-electron chi connectivity index (χ3n) is 3.15. The summed E-state index contributed by atoms with van der Waals surface area (Å²) in [4.78, 5) is 4.26. The first kappa shape index (κ1) is 14.8. The van der Waals surface area contributed by atoms with Crippen molar-refractivity contribution in [1.29, 1.82) is 0 Å². The first-order valence-electron chi connectivity index (χ1n) is 6.59. The number of guanidine groups is 1. The zero-order valence-electron chi connectivity index (χ0n) is 11.4. The minimum Gasteiger partial charge on any atom is -0.369 e. The molecular weight excluding hydrogens is 279 g/mol. The predicted octanol–water partition coefficient (Wildman–Crippen LogP) is 1.88. The second-order valence-electron chi connectivity index (χ2n) is 4.63. The van der Waals surface area contributed by atoms with Crippen molar-refractivity contribution in [1.82, 2.24) is 4.31 Å². The Morgan fingerprint density at radius 2 is 2.25 bits per heavy atom. The van der Waals surface area contributed by atoms with E-state index in [0.717, 1.165) is 12.8 Å². The highest BCUT2D eigenvalue weighted by Gasteiger charge is 2.15. The van der Waals surface area contributed by atoms with E-state index in [1.54, 1.807) is 25.1 Å². The highest BCUT2D eigenvalue weighted by Crippen LogP contribution is 2.20. The van der Waals surface area contributed by atoms with Gasteiger partial charge in [-0.1, -0.05) is 18.2 Å². The summed E-state index contributed by atoms with van der Waals surface area (Å²) in [5, 5.41) is 0. The normalized spacial score (nSPS) is 22.0. The maximum Gasteiger partial charge on any atom is 0.204 e. The quantitative estimate of drug-likeness (QED) is 0.497. The summed E-state index contributed by atoms with van der Waals surface area (Å²) < 4.78 is 31.1. The third-order valence-corrected chi connectivity index (χ3v) is 4.41. The Labute approximate surface area is 120 Å². The molecule has 1 heterocycles. The van der Waals surface area contributed by atoms with Gasteiger partial charge >= 0.3 is 0 Å². The van der Waals surface area contributed by atoms with Gasteiger partial charge in [-0.25, -0.2) is 18.0 Å². The second kappa shape index (κ2) is 6.69. The average molecular weight is 298 g/mol. The summed E-state index contributed by atoms with van der Waals surface area (Å²) >= 11 is 0. The van der Waals surface area contributed by atoms with Crippen LogP contribution in [0, 0.1) is 5.82 Å². The lowest BCUT2D eigenvalue weighted by Gasteiger charge is -2.18. The molecule has 0 saturated carbocycles. The van der Waals surface area contributed by atoms with Gasteiger partial charge in [-0.2, -0.15) is 0 Å². The molecule has 1 aromatic rings. The minimum absolute atomic E-state index is 0.160. The number of aliphatic imine (C=N–C) groups is 1. The molecule has 0 aromatic heterocycles. The fourth-order valence-electron chi connectivity index (χ4n) is 2.04. The Bertz CT molecular complexity index is 583. The van der Waals surface area contributed by atoms with Gasteiger partial charge in [0.05, 0.1) is 6.04 Å². The first-order valence-corrected chi connectivity index (χ1v) is 7.76. The molecule has 0 amide bonds. The largest absolute Gasteiger partial charge is 0.369 e. The van der Waals surface area contributed by atoms with Crippen LogP contribution in [-0.2, 0) is 10.8 Å². The molecule has 0 aliphatic carbocycles. The van der Waals surface area contributed by atoms with Crippen molar-refractivity contribution in [2.24, 2.45) is 15.1 Å². The van der Waals surface area contributed by atoms with Gasteiger partial charge in [0.2, 0.25) is 5.96 Å². The van der Waals surface area contributed by atoms with E-state index in [0.29, 0.717) is 18.7 Å². The molecule has 1 aromatic carbocycles. The van der Waals surface area contributed by atoms with Crippen LogP contribution in [0.25, 0.3) is 0 Å². The molecule has 110 valence electrons. The highest BCUT2D eigenvalue weighted by atomic mass is 32.2. The Morgan fingerprint density at radius 1 is 1.50 bits per heavy atom. The topological polar surface area (TPSA) is 71.0 Å². The van der Waals surface area contributed by atoms with E-state index in [-0.39, 0.29) is 11.8 Å². The van der Waals surface area contributed by atoms with Gasteiger partial charge in [0, 0.05) is 18.7 Å². The van der Waals surface area contributed by atoms with Crippen LogP contribution < -0.4 is 5.73 Å². The Balaban J connectivity index is 2.21. The number of hydrogen-bond donors (Lipinski definition) is 2. The number of hydrogen-bond acceptors (Lipinski definition) is 3. The van der Waals surface area contributed by atoms with E-state index in [1.807, 2.05) is 0 Å². The lowest BCUT2D eigenvalue weighted by Crippen LogP contribution is -2.36. The van der Waals surface area contributed by atoms with Crippen LogP contribution in [0.4, 0.5) is 4.39 Å². The molecule has 2 rings (SSSR count). The van der Waals surface area contributed by atoms with Crippen LogP contribution in [0.1, 0.15) is 31.4 Å². The zero-order valence-corrected chi connectivity index (χ0v) is 12.3. The summed E-state index contributed by atoms with van der Waals surface area (Å²) in [5.74, 6) is -0.158. The lowest BCUT2D eigenvalue weighted by atomic mass is 10.1. The molecule has 2 N–H and O–H groups in total. The molecule has 1 unspecified atom stereocenters. The predicted molar refractivity (Wildman–Crippen MR) is 79.2 cm³/mol. The number of thiol groups is 1. The summed E-state index contributed by atoms with van der Waals surface area (Å²) in [6.45, 7) is 2.91. The molecule has 1 aliphatic heterocycles. The van der Waals surface area contributed by atoms with Gasteiger partial charge in [0.15, 0.2) is 0 Å². The molecule has 0 spiro atoms. The molecule has 5 nitrogen and oxygen atoms in total. The monoisotopic (exact) mass is 298 g/mol. The Kier molecular flexibility index (Phi) is 4.94. The van der Waals surface area contributed by atoms with Crippen molar-refractivity contribution in [2.75, 3.05) is 13.1 Å². The van der Waals surface area contributed by atoms with Crippen LogP contribution in [0.15, 0.2) is 33.6 Å². The minimum atomic E-state index is -1.87. The summed E-state index contributed by atoms with van der Waals surface area (Å²) in [5.41, 5.74) is 6.38. The average Bonchev–Trinajstić information content (AvgIpc) is 2.63. The molecule has 20 heavy (non-hydrogen) atoms. The molecular formula is C13H19FN4OS. The van der Waals surface area contributed by atoms with Crippen molar-refractivity contribution in [2.45, 2.75) is 25.8 Å². The van der Waals surface area contributed by atoms with E-state index < -0.39 is 16.8 Å². The molecule has 7 heteroatoms. The van der Waals surface area contributed by atoms with Crippen molar-refractivity contribution in [3.05, 3.63) is 35.6 Å². The molecule has 1 aliphatic rings. The number of nitrogens with two attached hydrogens (primary N) is 1. The summed E-state index contributed by atoms with van der Waals surface area (Å²) in [7, 11) is -1.87. The van der Waals surface area contributed by atoms with Crippen molar-refractivity contribution < 1.29 is 8.60 Å². The SMILES string of the molecule is C[C@H](/N=C(/N)N1CCCCN=[SH]1=O)c1ccccc1F. The van der Waals surface area contributed by atoms with Crippen LogP contribution in [0.2, 0.25) is 0 Å². The number of rotatable bonds is 2. The second-order valence-corrected chi connectivity index (χ2v) is 5.90. The highest BCUT2D eigenvalue weighted by molar-refractivity contribution is 7.73. The molecule has 0 radical (unpaired) electrons. The van der Waals surface area contributed by atoms with Gasteiger partial charge < -0.3 is 5.73 Å². The standard InChI is InChI=1S/C13H19FN4OS/c1-10(11-6-2-3-7-12(11)14)17-13(15)18-9-5-4-8-16-20(18)19/h2-3,6-7,10,20H,4-5,8-9H2,1H3,(H2,15,17)/t10-/m0/s1. The van der Waals surface area contributed by atoms with Crippen molar-refractivity contribution in [3.8, 4) is 0 Å². The Morgan fingerprint density at radius 3 is 3.00 bits per heavy atom. The molecule has 0 fully saturated rings. The smallest absolute Gasteiger partial charge is 0.204 e. The number of nitrogens with zero attached hydrogens (tertiary/aromatic N) is 3. The van der Waals surface area contributed by atoms with Gasteiger partial charge in [-0.15, -0.1) is 0 Å². The van der Waals surface area contributed by atoms with Gasteiger partial charge in [-0.05, 0) is 25.8 Å². The number of benzene rings is 1. The van der Waals surface area contributed by atoms with Crippen LogP contribution in [0.3, 0.4) is 0 Å². The fraction of sp³-hybridized carbons (Fsp3) is 0.462. The van der Waals surface area contributed by atoms with Crippen LogP contribution in [-0.4, -0.2) is 27.6 Å². The van der Waals surface area contributed by atoms with Crippen LogP contribution in [0.5, 0.6) is 0 Å². The maximum atomic E-state index is 13.7. The van der Waals surface area contributed by atoms with E-state index in [2.05, 4.69) is 9.36 Å². The van der Waals surface area contributed by atoms with E-state index in [9.17, 15) is 8.60 Å². The number of halogens is 1. The Hall–Kier alpha value is -1.63. The van der Waals surface area contributed by atoms with Crippen molar-refractivity contribution in [3.63, 3.8) is 0 Å². The third kappa shape index (κ3) is 3.47. The summed E-state index contributed by atoms with van der Waals surface area (Å²) in [6, 6.07) is 6.01. The first-order chi connectivity index (χ1) is 9.59. The lowest BCUT2D eigenvalue weighted by molar-refractivity contribution is 0.569. The molecule has 0 saturated heterocycles. The van der Waals surface area contributed by atoms with E-state index >= 15 is 0 Å². The van der Waals surface area contributed by atoms with Gasteiger partial charge in [0.25, 0.3) is 0 Å². The van der Waals surface area contributed by atoms with Crippen molar-refractivity contribution >= 4 is 16.7 Å². The summed E-state index contributed by atoms with van der Waals surface area (Å²) in [6.07, 6.45) is 1.77. The zero-order chi connectivity index (χ0) is 14.5. The molecule has 0 bridgehead atoms. The van der Waals surface area contributed by atoms with Gasteiger partial charge in [0.1, 0.15) is 16.6 Å². The van der Waals surface area contributed by atoms with Gasteiger partial charge in [-0.3, -0.25) is 4.31 Å². The van der Waals surface area contributed by atoms with Crippen LogP contribution >= 0.6 is 0 Å². The fourth-order valence-corrected chi connectivity index (χ4v) is 3.05.